The Bertz CT molecular complexity index is 516. The minimum absolute atomic E-state index is 0. The van der Waals surface area contributed by atoms with E-state index >= 15 is 0 Å². The Morgan fingerprint density at radius 2 is 1.37 bits per heavy atom. The molecule has 0 bridgehead atoms. The van der Waals surface area contributed by atoms with E-state index in [4.69, 9.17) is 10.2 Å². The molecule has 0 radical (unpaired) electrons. The first kappa shape index (κ1) is 17.3. The quantitative estimate of drug-likeness (QED) is 0.749. The molecule has 0 saturated heterocycles. The van der Waals surface area contributed by atoms with E-state index < -0.39 is 0 Å². The largest absolute Gasteiger partial charge is 0.508 e. The van der Waals surface area contributed by atoms with Crippen molar-refractivity contribution in [2.75, 3.05) is 0 Å². The molecule has 2 aromatic rings. The summed E-state index contributed by atoms with van der Waals surface area (Å²) in [4.78, 5) is 0. The second kappa shape index (κ2) is 7.70. The zero-order valence-corrected chi connectivity index (χ0v) is 12.6. The Morgan fingerprint density at radius 1 is 0.737 bits per heavy atom. The van der Waals surface area contributed by atoms with Crippen molar-refractivity contribution in [2.45, 2.75) is 27.7 Å². The van der Waals surface area contributed by atoms with Gasteiger partial charge >= 0.3 is 0 Å². The van der Waals surface area contributed by atoms with Crippen molar-refractivity contribution in [1.29, 1.82) is 0 Å². The maximum Gasteiger partial charge on any atom is 0.118 e. The van der Waals surface area contributed by atoms with Crippen LogP contribution in [-0.2, 0) is 0 Å². The molecule has 0 aliphatic rings. The van der Waals surface area contributed by atoms with E-state index in [1.807, 2.05) is 52.0 Å². The predicted molar refractivity (Wildman–Crippen MR) is 82.4 cm³/mol. The molecule has 0 fully saturated rings. The van der Waals surface area contributed by atoms with Crippen LogP contribution >= 0.6 is 12.4 Å². The molecule has 2 aromatic carbocycles. The molecule has 19 heavy (non-hydrogen) atoms. The normalized spacial score (nSPS) is 9.05. The lowest BCUT2D eigenvalue weighted by molar-refractivity contribution is 0.470. The number of benzene rings is 2. The van der Waals surface area contributed by atoms with Crippen molar-refractivity contribution in [1.82, 2.24) is 0 Å². The van der Waals surface area contributed by atoms with Crippen LogP contribution in [0.3, 0.4) is 0 Å². The third-order valence-corrected chi connectivity index (χ3v) is 2.93. The van der Waals surface area contributed by atoms with E-state index in [0.29, 0.717) is 11.5 Å². The van der Waals surface area contributed by atoms with E-state index in [1.54, 1.807) is 12.1 Å². The van der Waals surface area contributed by atoms with Crippen LogP contribution in [0, 0.1) is 27.7 Å². The molecule has 0 spiro atoms. The van der Waals surface area contributed by atoms with Gasteiger partial charge in [0.15, 0.2) is 0 Å². The molecule has 0 atom stereocenters. The number of hydrogen-bond acceptors (Lipinski definition) is 2. The maximum atomic E-state index is 9.10. The van der Waals surface area contributed by atoms with E-state index in [9.17, 15) is 0 Å². The minimum atomic E-state index is 0. The average Bonchev–Trinajstić information content (AvgIpc) is 2.32. The van der Waals surface area contributed by atoms with Gasteiger partial charge in [0.2, 0.25) is 0 Å². The molecule has 2 nitrogen and oxygen atoms in total. The molecule has 0 saturated carbocycles. The predicted octanol–water partition coefficient (Wildman–Crippen LogP) is 4.44. The second-order valence-corrected chi connectivity index (χ2v) is 4.51. The molecule has 2 N–H and O–H groups in total. The van der Waals surface area contributed by atoms with Gasteiger partial charge in [-0.1, -0.05) is 29.8 Å². The number of phenolic OH excluding ortho intramolecular Hbond substituents is 2. The molecule has 2 rings (SSSR count). The van der Waals surface area contributed by atoms with Crippen molar-refractivity contribution in [3.8, 4) is 11.5 Å². The third kappa shape index (κ3) is 5.23. The lowest BCUT2D eigenvalue weighted by Gasteiger charge is -1.99. The molecule has 0 aliphatic heterocycles. The number of rotatable bonds is 0. The summed E-state index contributed by atoms with van der Waals surface area (Å²) in [6.07, 6.45) is 0. The number of aryl methyl sites for hydroxylation is 3. The molecule has 3 heteroatoms. The summed E-state index contributed by atoms with van der Waals surface area (Å²) in [6, 6.07) is 11.1. The fourth-order valence-electron chi connectivity index (χ4n) is 1.54. The smallest absolute Gasteiger partial charge is 0.118 e. The molecule has 0 amide bonds. The first-order valence-corrected chi connectivity index (χ1v) is 5.93. The third-order valence-electron chi connectivity index (χ3n) is 2.93. The Balaban J connectivity index is 0.000000324. The van der Waals surface area contributed by atoms with Crippen LogP contribution in [-0.4, -0.2) is 10.2 Å². The highest BCUT2D eigenvalue weighted by Crippen LogP contribution is 2.17. The average molecular weight is 281 g/mol. The first-order valence-electron chi connectivity index (χ1n) is 5.93. The van der Waals surface area contributed by atoms with Crippen LogP contribution in [0.1, 0.15) is 22.3 Å². The first-order chi connectivity index (χ1) is 8.41. The van der Waals surface area contributed by atoms with Gasteiger partial charge in [0.05, 0.1) is 0 Å². The van der Waals surface area contributed by atoms with Gasteiger partial charge in [-0.3, -0.25) is 0 Å². The van der Waals surface area contributed by atoms with Gasteiger partial charge < -0.3 is 10.2 Å². The lowest BCUT2D eigenvalue weighted by atomic mass is 10.1. The van der Waals surface area contributed by atoms with Crippen molar-refractivity contribution < 1.29 is 10.2 Å². The highest BCUT2D eigenvalue weighted by atomic mass is 35.5. The fourth-order valence-corrected chi connectivity index (χ4v) is 1.54. The van der Waals surface area contributed by atoms with Gasteiger partial charge in [-0.05, 0) is 56.5 Å². The van der Waals surface area contributed by atoms with Crippen molar-refractivity contribution in [3.05, 3.63) is 58.7 Å². The molecule has 0 heterocycles. The molecular weight excluding hydrogens is 260 g/mol. The lowest BCUT2D eigenvalue weighted by Crippen LogP contribution is -1.78. The van der Waals surface area contributed by atoms with Crippen LogP contribution < -0.4 is 0 Å². The van der Waals surface area contributed by atoms with Crippen molar-refractivity contribution in [2.24, 2.45) is 0 Å². The highest BCUT2D eigenvalue weighted by molar-refractivity contribution is 5.85. The zero-order chi connectivity index (χ0) is 13.7. The molecule has 104 valence electrons. The van der Waals surface area contributed by atoms with Crippen molar-refractivity contribution >= 4 is 12.4 Å². The minimum Gasteiger partial charge on any atom is -0.508 e. The van der Waals surface area contributed by atoms with Gasteiger partial charge in [-0.25, -0.2) is 0 Å². The molecule has 0 unspecified atom stereocenters. The van der Waals surface area contributed by atoms with Crippen LogP contribution in [0.15, 0.2) is 36.4 Å². The summed E-state index contributed by atoms with van der Waals surface area (Å²) in [5.74, 6) is 0.760. The van der Waals surface area contributed by atoms with Gasteiger partial charge in [0.25, 0.3) is 0 Å². The monoisotopic (exact) mass is 280 g/mol. The van der Waals surface area contributed by atoms with Crippen LogP contribution in [0.25, 0.3) is 0 Å². The maximum absolute atomic E-state index is 9.10. The summed E-state index contributed by atoms with van der Waals surface area (Å²) in [6.45, 7) is 7.79. The van der Waals surface area contributed by atoms with Crippen LogP contribution in [0.4, 0.5) is 0 Å². The highest BCUT2D eigenvalue weighted by Gasteiger charge is 1.94. The van der Waals surface area contributed by atoms with Gasteiger partial charge in [0.1, 0.15) is 11.5 Å². The number of halogens is 1. The summed E-state index contributed by atoms with van der Waals surface area (Å²) in [5.41, 5.74) is 4.23. The number of phenols is 2. The van der Waals surface area contributed by atoms with Crippen molar-refractivity contribution in [3.63, 3.8) is 0 Å². The summed E-state index contributed by atoms with van der Waals surface area (Å²) in [7, 11) is 0. The van der Waals surface area contributed by atoms with Gasteiger partial charge in [0, 0.05) is 0 Å². The SMILES string of the molecule is Cc1ccc(O)c(C)c1.Cc1cccc(O)c1C.Cl. The van der Waals surface area contributed by atoms with E-state index in [-0.39, 0.29) is 12.4 Å². The molecule has 0 aromatic heterocycles. The zero-order valence-electron chi connectivity index (χ0n) is 11.8. The topological polar surface area (TPSA) is 40.5 Å². The van der Waals surface area contributed by atoms with E-state index in [1.165, 1.54) is 5.56 Å². The van der Waals surface area contributed by atoms with Crippen LogP contribution in [0.2, 0.25) is 0 Å². The summed E-state index contributed by atoms with van der Waals surface area (Å²) >= 11 is 0. The van der Waals surface area contributed by atoms with Gasteiger partial charge in [-0.15, -0.1) is 12.4 Å². The second-order valence-electron chi connectivity index (χ2n) is 4.51. The van der Waals surface area contributed by atoms with E-state index in [2.05, 4.69) is 0 Å². The Labute approximate surface area is 121 Å². The van der Waals surface area contributed by atoms with Gasteiger partial charge in [-0.2, -0.15) is 0 Å². The summed E-state index contributed by atoms with van der Waals surface area (Å²) in [5, 5.41) is 18.1. The number of hydrogen-bond donors (Lipinski definition) is 2. The number of aromatic hydroxyl groups is 2. The Morgan fingerprint density at radius 3 is 1.79 bits per heavy atom. The Kier molecular flexibility index (Phi) is 7.02. The summed E-state index contributed by atoms with van der Waals surface area (Å²) < 4.78 is 0. The Hall–Kier alpha value is -1.67. The molecule has 0 aliphatic carbocycles. The fraction of sp³-hybridized carbons (Fsp3) is 0.250. The van der Waals surface area contributed by atoms with Crippen LogP contribution in [0.5, 0.6) is 11.5 Å². The molecular formula is C16H21ClO2. The van der Waals surface area contributed by atoms with E-state index in [0.717, 1.165) is 16.7 Å². The standard InChI is InChI=1S/2C8H10O.ClH/c1-6-3-4-8(9)7(2)5-6;1-6-4-3-5-8(9)7(6)2;/h2*3-5,9H,1-2H3;1H.